The fourth-order valence-electron chi connectivity index (χ4n) is 2.29. The molecule has 0 radical (unpaired) electrons. The fourth-order valence-corrected chi connectivity index (χ4v) is 2.64. The molecule has 0 saturated carbocycles. The zero-order valence-corrected chi connectivity index (χ0v) is 13.2. The van der Waals surface area contributed by atoms with E-state index in [4.69, 9.17) is 15.2 Å². The number of hydrogen-bond donors (Lipinski definition) is 1. The molecule has 0 aliphatic rings. The van der Waals surface area contributed by atoms with E-state index in [2.05, 4.69) is 20.9 Å². The van der Waals surface area contributed by atoms with Crippen molar-refractivity contribution in [2.45, 2.75) is 0 Å². The summed E-state index contributed by atoms with van der Waals surface area (Å²) in [6.45, 7) is 0. The van der Waals surface area contributed by atoms with Crippen molar-refractivity contribution in [2.75, 3.05) is 20.0 Å². The van der Waals surface area contributed by atoms with Crippen LogP contribution in [0.4, 0.5) is 5.95 Å². The van der Waals surface area contributed by atoms with Crippen LogP contribution >= 0.6 is 15.9 Å². The summed E-state index contributed by atoms with van der Waals surface area (Å²) < 4.78 is 13.5. The molecule has 2 aromatic carbocycles. The van der Waals surface area contributed by atoms with E-state index < -0.39 is 0 Å². The van der Waals surface area contributed by atoms with Crippen LogP contribution in [-0.2, 0) is 0 Å². The lowest BCUT2D eigenvalue weighted by atomic mass is 10.2. The van der Waals surface area contributed by atoms with E-state index in [0.29, 0.717) is 11.7 Å². The average Bonchev–Trinajstić information content (AvgIpc) is 2.81. The number of nitrogen functional groups attached to an aromatic ring is 1. The molecule has 5 nitrogen and oxygen atoms in total. The molecule has 0 atom stereocenters. The van der Waals surface area contributed by atoms with Gasteiger partial charge in [0.2, 0.25) is 5.95 Å². The second-order valence-corrected chi connectivity index (χ2v) is 5.39. The number of methoxy groups -OCH3 is 2. The number of nitrogens with zero attached hydrogens (tertiary/aromatic N) is 2. The monoisotopic (exact) mass is 347 g/mol. The third-order valence-electron chi connectivity index (χ3n) is 3.27. The van der Waals surface area contributed by atoms with Crippen molar-refractivity contribution in [3.8, 4) is 17.2 Å². The molecule has 1 heterocycles. The zero-order chi connectivity index (χ0) is 15.0. The highest BCUT2D eigenvalue weighted by atomic mass is 79.9. The molecule has 6 heteroatoms. The lowest BCUT2D eigenvalue weighted by Gasteiger charge is -2.13. The molecule has 3 aromatic rings. The topological polar surface area (TPSA) is 62.3 Å². The Hall–Kier alpha value is -2.21. The van der Waals surface area contributed by atoms with E-state index in [1.165, 1.54) is 0 Å². The van der Waals surface area contributed by atoms with Crippen molar-refractivity contribution < 1.29 is 9.47 Å². The first-order chi connectivity index (χ1) is 10.1. The van der Waals surface area contributed by atoms with Gasteiger partial charge in [-0.2, -0.15) is 0 Å². The van der Waals surface area contributed by atoms with Gasteiger partial charge in [0, 0.05) is 10.5 Å². The summed E-state index contributed by atoms with van der Waals surface area (Å²) >= 11 is 3.47. The maximum absolute atomic E-state index is 6.09. The Morgan fingerprint density at radius 1 is 1.10 bits per heavy atom. The van der Waals surface area contributed by atoms with Crippen molar-refractivity contribution >= 4 is 32.9 Å². The van der Waals surface area contributed by atoms with Crippen molar-refractivity contribution in [3.05, 3.63) is 40.9 Å². The van der Waals surface area contributed by atoms with Crippen molar-refractivity contribution in [1.29, 1.82) is 0 Å². The van der Waals surface area contributed by atoms with Gasteiger partial charge in [0.25, 0.3) is 0 Å². The van der Waals surface area contributed by atoms with Crippen LogP contribution in [0.1, 0.15) is 0 Å². The van der Waals surface area contributed by atoms with Crippen LogP contribution in [0, 0.1) is 0 Å². The molecule has 108 valence electrons. The molecule has 0 spiro atoms. The van der Waals surface area contributed by atoms with Crippen molar-refractivity contribution in [1.82, 2.24) is 9.55 Å². The summed E-state index contributed by atoms with van der Waals surface area (Å²) in [6.07, 6.45) is 0. The minimum absolute atomic E-state index is 0.398. The number of halogens is 1. The van der Waals surface area contributed by atoms with Crippen molar-refractivity contribution in [3.63, 3.8) is 0 Å². The van der Waals surface area contributed by atoms with Crippen LogP contribution in [0.5, 0.6) is 11.5 Å². The SMILES string of the molecule is COc1ccc(OC)c(-n2c(N)nc3ccc(Br)cc32)c1. The van der Waals surface area contributed by atoms with Gasteiger partial charge in [0.05, 0.1) is 30.9 Å². The standard InChI is InChI=1S/C15H14BrN3O2/c1-20-10-4-6-14(21-2)13(8-10)19-12-7-9(16)3-5-11(12)18-15(19)17/h3-8H,1-2H3,(H2,17,18). The normalized spacial score (nSPS) is 10.8. The quantitative estimate of drug-likeness (QED) is 0.788. The molecular formula is C15H14BrN3O2. The molecule has 0 unspecified atom stereocenters. The highest BCUT2D eigenvalue weighted by Gasteiger charge is 2.15. The molecule has 0 fully saturated rings. The van der Waals surface area contributed by atoms with Gasteiger partial charge in [0.15, 0.2) is 0 Å². The molecule has 0 aliphatic heterocycles. The maximum Gasteiger partial charge on any atom is 0.206 e. The van der Waals surface area contributed by atoms with E-state index in [0.717, 1.165) is 26.9 Å². The summed E-state index contributed by atoms with van der Waals surface area (Å²) in [5.74, 6) is 1.82. The summed E-state index contributed by atoms with van der Waals surface area (Å²) in [5, 5.41) is 0. The van der Waals surface area contributed by atoms with Gasteiger partial charge >= 0.3 is 0 Å². The van der Waals surface area contributed by atoms with Gasteiger partial charge in [-0.25, -0.2) is 4.98 Å². The van der Waals surface area contributed by atoms with E-state index in [-0.39, 0.29) is 0 Å². The van der Waals surface area contributed by atoms with E-state index >= 15 is 0 Å². The predicted molar refractivity (Wildman–Crippen MR) is 86.3 cm³/mol. The molecule has 0 saturated heterocycles. The Bertz CT molecular complexity index is 814. The minimum Gasteiger partial charge on any atom is -0.497 e. The number of imidazole rings is 1. The van der Waals surface area contributed by atoms with Crippen LogP contribution in [-0.4, -0.2) is 23.8 Å². The van der Waals surface area contributed by atoms with E-state index in [9.17, 15) is 0 Å². The number of nitrogens with two attached hydrogens (primary N) is 1. The predicted octanol–water partition coefficient (Wildman–Crippen LogP) is 3.39. The number of aromatic nitrogens is 2. The number of benzene rings is 2. The molecular weight excluding hydrogens is 334 g/mol. The second kappa shape index (κ2) is 5.29. The van der Waals surface area contributed by atoms with Gasteiger partial charge in [-0.3, -0.25) is 4.57 Å². The second-order valence-electron chi connectivity index (χ2n) is 4.48. The van der Waals surface area contributed by atoms with E-state index in [1.807, 2.05) is 41.0 Å². The highest BCUT2D eigenvalue weighted by Crippen LogP contribution is 2.33. The first-order valence-electron chi connectivity index (χ1n) is 6.30. The molecule has 2 N–H and O–H groups in total. The smallest absolute Gasteiger partial charge is 0.206 e. The third kappa shape index (κ3) is 2.31. The molecule has 3 rings (SSSR count). The van der Waals surface area contributed by atoms with Crippen LogP contribution in [0.2, 0.25) is 0 Å². The van der Waals surface area contributed by atoms with Crippen molar-refractivity contribution in [2.24, 2.45) is 0 Å². The van der Waals surface area contributed by atoms with Gasteiger partial charge in [-0.15, -0.1) is 0 Å². The van der Waals surface area contributed by atoms with Crippen LogP contribution < -0.4 is 15.2 Å². The summed E-state index contributed by atoms with van der Waals surface area (Å²) in [5.41, 5.74) is 8.59. The Kier molecular flexibility index (Phi) is 3.47. The minimum atomic E-state index is 0.398. The lowest BCUT2D eigenvalue weighted by molar-refractivity contribution is 0.402. The third-order valence-corrected chi connectivity index (χ3v) is 3.76. The first kappa shape index (κ1) is 13.8. The van der Waals surface area contributed by atoms with Gasteiger partial charge < -0.3 is 15.2 Å². The summed E-state index contributed by atoms with van der Waals surface area (Å²) in [4.78, 5) is 4.39. The Morgan fingerprint density at radius 2 is 1.90 bits per heavy atom. The molecule has 0 aliphatic carbocycles. The summed E-state index contributed by atoms with van der Waals surface area (Å²) in [6, 6.07) is 11.4. The largest absolute Gasteiger partial charge is 0.497 e. The molecule has 1 aromatic heterocycles. The first-order valence-corrected chi connectivity index (χ1v) is 7.09. The Labute approximate surface area is 130 Å². The number of fused-ring (bicyclic) bond motifs is 1. The van der Waals surface area contributed by atoms with Gasteiger partial charge in [-0.1, -0.05) is 15.9 Å². The van der Waals surface area contributed by atoms with Crippen LogP contribution in [0.3, 0.4) is 0 Å². The maximum atomic E-state index is 6.09. The fraction of sp³-hybridized carbons (Fsp3) is 0.133. The summed E-state index contributed by atoms with van der Waals surface area (Å²) in [7, 11) is 3.24. The van der Waals surface area contributed by atoms with Crippen LogP contribution in [0.25, 0.3) is 16.7 Å². The Morgan fingerprint density at radius 3 is 2.62 bits per heavy atom. The highest BCUT2D eigenvalue weighted by molar-refractivity contribution is 9.10. The molecule has 21 heavy (non-hydrogen) atoms. The number of ether oxygens (including phenoxy) is 2. The molecule has 0 bridgehead atoms. The van der Waals surface area contributed by atoms with Gasteiger partial charge in [-0.05, 0) is 30.3 Å². The number of hydrogen-bond acceptors (Lipinski definition) is 4. The van der Waals surface area contributed by atoms with Crippen LogP contribution in [0.15, 0.2) is 40.9 Å². The average molecular weight is 348 g/mol. The van der Waals surface area contributed by atoms with Gasteiger partial charge in [0.1, 0.15) is 11.5 Å². The number of rotatable bonds is 3. The number of anilines is 1. The lowest BCUT2D eigenvalue weighted by Crippen LogP contribution is -2.03. The van der Waals surface area contributed by atoms with E-state index in [1.54, 1.807) is 14.2 Å². The molecule has 0 amide bonds. The Balaban J connectivity index is 2.33. The zero-order valence-electron chi connectivity index (χ0n) is 11.6.